The second-order valence-corrected chi connectivity index (χ2v) is 7.57. The van der Waals surface area contributed by atoms with Crippen LogP contribution in [0, 0.1) is 0 Å². The number of allylic oxidation sites excluding steroid dienone is 1. The summed E-state index contributed by atoms with van der Waals surface area (Å²) in [6, 6.07) is 9.04. The number of amides is 1. The molecule has 0 aliphatic carbocycles. The number of ether oxygens (including phenoxy) is 2. The summed E-state index contributed by atoms with van der Waals surface area (Å²) in [6.45, 7) is 6.36. The van der Waals surface area contributed by atoms with Crippen LogP contribution in [-0.4, -0.2) is 37.7 Å². The first-order chi connectivity index (χ1) is 14.2. The summed E-state index contributed by atoms with van der Waals surface area (Å²) in [5, 5.41) is 11.7. The Balaban J connectivity index is 1.49. The fourth-order valence-electron chi connectivity index (χ4n) is 2.81. The minimum Gasteiger partial charge on any atom is -0.454 e. The van der Waals surface area contributed by atoms with Crippen LogP contribution < -0.4 is 14.8 Å². The third-order valence-electron chi connectivity index (χ3n) is 4.26. The lowest BCUT2D eigenvalue weighted by Gasteiger charge is -2.13. The van der Waals surface area contributed by atoms with E-state index in [1.807, 2.05) is 23.6 Å². The maximum atomic E-state index is 12.7. The van der Waals surface area contributed by atoms with Crippen molar-refractivity contribution in [3.63, 3.8) is 0 Å². The molecule has 3 heterocycles. The van der Waals surface area contributed by atoms with Crippen LogP contribution in [0.15, 0.2) is 60.5 Å². The Morgan fingerprint density at radius 1 is 1.28 bits per heavy atom. The van der Waals surface area contributed by atoms with Crippen LogP contribution in [0.3, 0.4) is 0 Å². The van der Waals surface area contributed by atoms with Gasteiger partial charge in [0.2, 0.25) is 12.7 Å². The summed E-state index contributed by atoms with van der Waals surface area (Å²) in [5.74, 6) is 1.85. The van der Waals surface area contributed by atoms with Crippen molar-refractivity contribution < 1.29 is 14.3 Å². The molecule has 2 aromatic heterocycles. The van der Waals surface area contributed by atoms with Crippen LogP contribution in [0.1, 0.15) is 6.92 Å². The van der Waals surface area contributed by atoms with E-state index in [2.05, 4.69) is 27.1 Å². The third-order valence-corrected chi connectivity index (χ3v) is 5.34. The summed E-state index contributed by atoms with van der Waals surface area (Å²) >= 11 is 1.34. The fraction of sp³-hybridized carbons (Fsp3) is 0.200. The predicted octanol–water partition coefficient (Wildman–Crippen LogP) is 3.37. The normalized spacial score (nSPS) is 13.1. The van der Waals surface area contributed by atoms with Crippen molar-refractivity contribution in [2.24, 2.45) is 0 Å². The van der Waals surface area contributed by atoms with Crippen LogP contribution in [0.25, 0.3) is 11.4 Å². The lowest BCUT2D eigenvalue weighted by molar-refractivity contribution is -0.115. The Bertz CT molecular complexity index is 1040. The molecule has 8 nitrogen and oxygen atoms in total. The van der Waals surface area contributed by atoms with E-state index in [9.17, 15) is 4.79 Å². The molecule has 1 amide bonds. The van der Waals surface area contributed by atoms with E-state index in [0.29, 0.717) is 34.7 Å². The first-order valence-corrected chi connectivity index (χ1v) is 9.85. The number of rotatable bonds is 7. The number of anilines is 1. The van der Waals surface area contributed by atoms with Crippen molar-refractivity contribution in [1.29, 1.82) is 0 Å². The smallest absolute Gasteiger partial charge is 0.237 e. The number of aromatic nitrogens is 4. The van der Waals surface area contributed by atoms with Crippen LogP contribution in [0.5, 0.6) is 11.5 Å². The molecule has 9 heteroatoms. The Kier molecular flexibility index (Phi) is 5.48. The molecular weight excluding hydrogens is 390 g/mol. The quantitative estimate of drug-likeness (QED) is 0.472. The number of benzene rings is 1. The number of nitrogens with one attached hydrogen (secondary N) is 1. The lowest BCUT2D eigenvalue weighted by Crippen LogP contribution is -2.23. The fourth-order valence-corrected chi connectivity index (χ4v) is 3.67. The number of hydrogen-bond donors (Lipinski definition) is 1. The Morgan fingerprint density at radius 2 is 2.07 bits per heavy atom. The van der Waals surface area contributed by atoms with Gasteiger partial charge in [-0.1, -0.05) is 17.8 Å². The summed E-state index contributed by atoms with van der Waals surface area (Å²) < 4.78 is 12.6. The predicted molar refractivity (Wildman–Crippen MR) is 110 cm³/mol. The van der Waals surface area contributed by atoms with Crippen molar-refractivity contribution in [3.8, 4) is 22.9 Å². The second-order valence-electron chi connectivity index (χ2n) is 6.26. The number of pyridine rings is 1. The number of carbonyl (C=O) groups is 1. The first kappa shape index (κ1) is 19.0. The van der Waals surface area contributed by atoms with Gasteiger partial charge in [-0.3, -0.25) is 14.3 Å². The standard InChI is InChI=1S/C20H19N5O3S/c1-3-10-25-18(14-6-8-21-9-7-14)23-24-20(25)29-13(2)19(26)22-15-4-5-16-17(11-15)28-12-27-16/h3-9,11,13H,1,10,12H2,2H3,(H,22,26)/t13-/m1/s1. The molecule has 0 radical (unpaired) electrons. The molecule has 0 spiro atoms. The summed E-state index contributed by atoms with van der Waals surface area (Å²) in [7, 11) is 0. The molecule has 1 atom stereocenters. The van der Waals surface area contributed by atoms with E-state index in [1.54, 1.807) is 36.7 Å². The maximum Gasteiger partial charge on any atom is 0.237 e. The van der Waals surface area contributed by atoms with Crippen molar-refractivity contribution >= 4 is 23.4 Å². The zero-order chi connectivity index (χ0) is 20.2. The molecular formula is C20H19N5O3S. The van der Waals surface area contributed by atoms with Gasteiger partial charge in [0.05, 0.1) is 5.25 Å². The minimum absolute atomic E-state index is 0.146. The highest BCUT2D eigenvalue weighted by Crippen LogP contribution is 2.34. The molecule has 3 aromatic rings. The van der Waals surface area contributed by atoms with Gasteiger partial charge >= 0.3 is 0 Å². The van der Waals surface area contributed by atoms with E-state index in [0.717, 1.165) is 5.56 Å². The van der Waals surface area contributed by atoms with Gasteiger partial charge in [0, 0.05) is 36.3 Å². The van der Waals surface area contributed by atoms with Gasteiger partial charge in [-0.15, -0.1) is 16.8 Å². The average molecular weight is 409 g/mol. The number of carbonyl (C=O) groups excluding carboxylic acids is 1. The second kappa shape index (κ2) is 8.36. The Morgan fingerprint density at radius 3 is 2.86 bits per heavy atom. The largest absolute Gasteiger partial charge is 0.454 e. The average Bonchev–Trinajstić information content (AvgIpc) is 3.36. The highest BCUT2D eigenvalue weighted by atomic mass is 32.2. The third kappa shape index (κ3) is 4.09. The summed E-state index contributed by atoms with van der Waals surface area (Å²) in [6.07, 6.45) is 5.18. The molecule has 0 saturated heterocycles. The van der Waals surface area contributed by atoms with E-state index in [4.69, 9.17) is 9.47 Å². The Hall–Kier alpha value is -3.33. The van der Waals surface area contributed by atoms with Crippen LogP contribution in [0.4, 0.5) is 5.69 Å². The number of fused-ring (bicyclic) bond motifs is 1. The zero-order valence-corrected chi connectivity index (χ0v) is 16.6. The van der Waals surface area contributed by atoms with Gasteiger partial charge in [0.15, 0.2) is 22.5 Å². The molecule has 0 unspecified atom stereocenters. The Labute approximate surface area is 172 Å². The van der Waals surface area contributed by atoms with Gasteiger partial charge in [-0.2, -0.15) is 0 Å². The van der Waals surface area contributed by atoms with Gasteiger partial charge in [0.1, 0.15) is 0 Å². The summed E-state index contributed by atoms with van der Waals surface area (Å²) in [4.78, 5) is 16.7. The molecule has 1 aliphatic heterocycles. The minimum atomic E-state index is -0.390. The lowest BCUT2D eigenvalue weighted by atomic mass is 10.2. The highest BCUT2D eigenvalue weighted by Gasteiger charge is 2.21. The highest BCUT2D eigenvalue weighted by molar-refractivity contribution is 8.00. The molecule has 1 aliphatic rings. The SMILES string of the molecule is C=CCn1c(S[C@H](C)C(=O)Nc2ccc3c(c2)OCO3)nnc1-c1ccncc1. The van der Waals surface area contributed by atoms with Crippen LogP contribution in [-0.2, 0) is 11.3 Å². The van der Waals surface area contributed by atoms with Crippen molar-refractivity contribution in [3.05, 3.63) is 55.4 Å². The maximum absolute atomic E-state index is 12.7. The number of nitrogens with zero attached hydrogens (tertiary/aromatic N) is 4. The molecule has 4 rings (SSSR count). The summed E-state index contributed by atoms with van der Waals surface area (Å²) in [5.41, 5.74) is 1.55. The molecule has 148 valence electrons. The number of thioether (sulfide) groups is 1. The molecule has 0 bridgehead atoms. The van der Waals surface area contributed by atoms with Gasteiger partial charge in [-0.05, 0) is 31.2 Å². The van der Waals surface area contributed by atoms with E-state index in [-0.39, 0.29) is 12.7 Å². The van der Waals surface area contributed by atoms with E-state index < -0.39 is 5.25 Å². The molecule has 0 fully saturated rings. The van der Waals surface area contributed by atoms with Gasteiger partial charge in [0.25, 0.3) is 0 Å². The van der Waals surface area contributed by atoms with Crippen molar-refractivity contribution in [2.45, 2.75) is 23.9 Å². The first-order valence-electron chi connectivity index (χ1n) is 8.97. The van der Waals surface area contributed by atoms with Crippen LogP contribution in [0.2, 0.25) is 0 Å². The van der Waals surface area contributed by atoms with Crippen LogP contribution >= 0.6 is 11.8 Å². The van der Waals surface area contributed by atoms with Crippen molar-refractivity contribution in [2.75, 3.05) is 12.1 Å². The van der Waals surface area contributed by atoms with Gasteiger partial charge in [-0.25, -0.2) is 0 Å². The van der Waals surface area contributed by atoms with E-state index >= 15 is 0 Å². The van der Waals surface area contributed by atoms with Gasteiger partial charge < -0.3 is 14.8 Å². The topological polar surface area (TPSA) is 91.2 Å². The zero-order valence-electron chi connectivity index (χ0n) is 15.7. The van der Waals surface area contributed by atoms with E-state index in [1.165, 1.54) is 11.8 Å². The molecule has 0 saturated carbocycles. The molecule has 29 heavy (non-hydrogen) atoms. The molecule has 1 aromatic carbocycles. The monoisotopic (exact) mass is 409 g/mol. The number of hydrogen-bond acceptors (Lipinski definition) is 7. The molecule has 1 N–H and O–H groups in total. The van der Waals surface area contributed by atoms with Crippen molar-refractivity contribution in [1.82, 2.24) is 19.7 Å².